The van der Waals surface area contributed by atoms with Crippen LogP contribution in [-0.2, 0) is 4.79 Å². The molecular weight excluding hydrogens is 168 g/mol. The van der Waals surface area contributed by atoms with E-state index in [1.165, 1.54) is 0 Å². The molecule has 0 spiro atoms. The van der Waals surface area contributed by atoms with Crippen LogP contribution in [0.4, 0.5) is 0 Å². The Balaban J connectivity index is -0.000000107. The summed E-state index contributed by atoms with van der Waals surface area (Å²) in [5.41, 5.74) is 0. The molecule has 0 aromatic rings. The van der Waals surface area contributed by atoms with Gasteiger partial charge in [0.2, 0.25) is 0 Å². The van der Waals surface area contributed by atoms with E-state index in [2.05, 4.69) is 0 Å². The maximum absolute atomic E-state index is 9.80. The summed E-state index contributed by atoms with van der Waals surface area (Å²) >= 11 is 0. The van der Waals surface area contributed by atoms with Gasteiger partial charge in [0, 0.05) is 0 Å². The molecule has 0 saturated heterocycles. The average Bonchev–Trinajstić information content (AvgIpc) is 1.65. The molecule has 4 N–H and O–H groups in total. The Hall–Kier alpha value is 0.610. The molecule has 10 heavy (non-hydrogen) atoms. The van der Waals surface area contributed by atoms with E-state index < -0.39 is 17.9 Å². The van der Waals surface area contributed by atoms with Crippen LogP contribution >= 0.6 is 0 Å². The molecule has 5 nitrogen and oxygen atoms in total. The Morgan fingerprint density at radius 3 is 1.90 bits per heavy atom. The smallest absolute Gasteiger partial charge is 1.00 e. The van der Waals surface area contributed by atoms with Gasteiger partial charge in [-0.3, -0.25) is 0 Å². The van der Waals surface area contributed by atoms with Gasteiger partial charge in [0.05, 0.1) is 0 Å². The van der Waals surface area contributed by atoms with Gasteiger partial charge in [0.25, 0.3) is 5.79 Å². The van der Waals surface area contributed by atoms with Gasteiger partial charge >= 0.3 is 43.7 Å². The molecule has 1 atom stereocenters. The molecule has 0 heterocycles. The molecule has 0 saturated carbocycles. The number of aliphatic hydroxyl groups is 3. The fourth-order valence-electron chi connectivity index (χ4n) is 0.179. The van der Waals surface area contributed by atoms with Gasteiger partial charge in [-0.15, -0.1) is 0 Å². The van der Waals surface area contributed by atoms with Crippen LogP contribution in [0.1, 0.15) is 9.78 Å². The molecular formula is C4H10CaO5. The third kappa shape index (κ3) is 3.14. The standard InChI is InChI=1S/C4H8O5.Ca.2H/c1-2(5)4(8,9)3(6)7;;;/h2,5,8-9H,1H3,(H,6,7);;;/q;+2;2*-1. The van der Waals surface area contributed by atoms with Gasteiger partial charge in [-0.05, 0) is 6.92 Å². The molecule has 0 radical (unpaired) electrons. The van der Waals surface area contributed by atoms with Crippen molar-refractivity contribution in [2.75, 3.05) is 0 Å². The first-order valence-electron chi connectivity index (χ1n) is 2.25. The number of carboxylic acid groups (broad SMARTS) is 1. The van der Waals surface area contributed by atoms with Gasteiger partial charge in [0.15, 0.2) is 0 Å². The number of aliphatic hydroxyl groups excluding tert-OH is 1. The van der Waals surface area contributed by atoms with E-state index in [1.54, 1.807) is 0 Å². The van der Waals surface area contributed by atoms with Gasteiger partial charge in [0.1, 0.15) is 6.10 Å². The SMILES string of the molecule is CC(O)C(O)(O)C(=O)O.[Ca+2].[H-].[H-]. The summed E-state index contributed by atoms with van der Waals surface area (Å²) in [5.74, 6) is -4.89. The molecule has 0 aliphatic rings. The van der Waals surface area contributed by atoms with Crippen molar-refractivity contribution >= 4 is 43.7 Å². The number of hydrogen-bond acceptors (Lipinski definition) is 4. The molecule has 0 aliphatic heterocycles. The average molecular weight is 178 g/mol. The Morgan fingerprint density at radius 2 is 1.90 bits per heavy atom. The Kier molecular flexibility index (Phi) is 5.92. The van der Waals surface area contributed by atoms with Crippen molar-refractivity contribution in [1.82, 2.24) is 0 Å². The quantitative estimate of drug-likeness (QED) is 0.289. The van der Waals surface area contributed by atoms with Crippen LogP contribution in [0, 0.1) is 0 Å². The fourth-order valence-corrected chi connectivity index (χ4v) is 0.179. The number of rotatable bonds is 2. The molecule has 1 unspecified atom stereocenters. The first-order valence-corrected chi connectivity index (χ1v) is 2.25. The van der Waals surface area contributed by atoms with Crippen molar-refractivity contribution < 1.29 is 28.1 Å². The van der Waals surface area contributed by atoms with Gasteiger partial charge in [-0.2, -0.15) is 0 Å². The minimum Gasteiger partial charge on any atom is -1.00 e. The fraction of sp³-hybridized carbons (Fsp3) is 0.750. The molecule has 58 valence electrons. The van der Waals surface area contributed by atoms with E-state index >= 15 is 0 Å². The molecule has 0 fully saturated rings. The van der Waals surface area contributed by atoms with E-state index in [4.69, 9.17) is 20.4 Å². The van der Waals surface area contributed by atoms with Crippen LogP contribution < -0.4 is 0 Å². The predicted octanol–water partition coefficient (Wildman–Crippen LogP) is -2.02. The van der Waals surface area contributed by atoms with E-state index in [0.29, 0.717) is 0 Å². The summed E-state index contributed by atoms with van der Waals surface area (Å²) in [4.78, 5) is 9.80. The molecule has 6 heteroatoms. The normalized spacial score (nSPS) is 13.6. The Morgan fingerprint density at radius 1 is 1.60 bits per heavy atom. The zero-order valence-corrected chi connectivity index (χ0v) is 7.69. The second-order valence-electron chi connectivity index (χ2n) is 1.71. The van der Waals surface area contributed by atoms with E-state index in [0.717, 1.165) is 6.92 Å². The van der Waals surface area contributed by atoms with Crippen LogP contribution in [-0.4, -0.2) is 76.0 Å². The van der Waals surface area contributed by atoms with E-state index in [9.17, 15) is 4.79 Å². The van der Waals surface area contributed by atoms with Crippen molar-refractivity contribution in [3.8, 4) is 0 Å². The number of aliphatic carboxylic acids is 1. The molecule has 0 aliphatic carbocycles. The van der Waals surface area contributed by atoms with Gasteiger partial charge < -0.3 is 23.3 Å². The molecule has 0 aromatic heterocycles. The number of carboxylic acids is 1. The van der Waals surface area contributed by atoms with Crippen molar-refractivity contribution in [2.45, 2.75) is 18.8 Å². The Bertz CT molecular complexity index is 129. The first kappa shape index (κ1) is 13.2. The van der Waals surface area contributed by atoms with Crippen molar-refractivity contribution in [1.29, 1.82) is 0 Å². The van der Waals surface area contributed by atoms with Crippen molar-refractivity contribution in [2.24, 2.45) is 0 Å². The second kappa shape index (κ2) is 4.48. The molecule has 0 aromatic carbocycles. The van der Waals surface area contributed by atoms with E-state index in [-0.39, 0.29) is 40.6 Å². The Labute approximate surface area is 90.3 Å². The summed E-state index contributed by atoms with van der Waals surface area (Å²) in [6.07, 6.45) is -1.70. The van der Waals surface area contributed by atoms with Crippen molar-refractivity contribution in [3.05, 3.63) is 0 Å². The molecule has 0 bridgehead atoms. The zero-order valence-electron chi connectivity index (χ0n) is 7.48. The molecule has 0 amide bonds. The summed E-state index contributed by atoms with van der Waals surface area (Å²) in [7, 11) is 0. The van der Waals surface area contributed by atoms with Crippen LogP contribution in [0.15, 0.2) is 0 Å². The number of hydrogen-bond donors (Lipinski definition) is 4. The van der Waals surface area contributed by atoms with Crippen molar-refractivity contribution in [3.63, 3.8) is 0 Å². The topological polar surface area (TPSA) is 98.0 Å². The second-order valence-corrected chi connectivity index (χ2v) is 1.71. The van der Waals surface area contributed by atoms with Gasteiger partial charge in [-0.25, -0.2) is 4.79 Å². The summed E-state index contributed by atoms with van der Waals surface area (Å²) in [5, 5.41) is 33.1. The minimum atomic E-state index is -3.03. The third-order valence-corrected chi connectivity index (χ3v) is 0.897. The van der Waals surface area contributed by atoms with E-state index in [1.807, 2.05) is 0 Å². The maximum atomic E-state index is 9.80. The third-order valence-electron chi connectivity index (χ3n) is 0.897. The maximum Gasteiger partial charge on any atom is 2.00 e. The van der Waals surface area contributed by atoms with Crippen LogP contribution in [0.3, 0.4) is 0 Å². The number of carbonyl (C=O) groups is 1. The first-order chi connectivity index (χ1) is 3.89. The van der Waals surface area contributed by atoms with Crippen LogP contribution in [0.2, 0.25) is 0 Å². The summed E-state index contributed by atoms with van der Waals surface area (Å²) in [6.45, 7) is 0.966. The largest absolute Gasteiger partial charge is 2.00 e. The zero-order chi connectivity index (χ0) is 7.65. The van der Waals surface area contributed by atoms with Gasteiger partial charge in [-0.1, -0.05) is 0 Å². The summed E-state index contributed by atoms with van der Waals surface area (Å²) in [6, 6.07) is 0. The summed E-state index contributed by atoms with van der Waals surface area (Å²) < 4.78 is 0. The monoisotopic (exact) mass is 178 g/mol. The molecule has 0 rings (SSSR count). The minimum absolute atomic E-state index is 0. The van der Waals surface area contributed by atoms with Crippen LogP contribution in [0.5, 0.6) is 0 Å². The predicted molar refractivity (Wildman–Crippen MR) is 34.5 cm³/mol. The van der Waals surface area contributed by atoms with Crippen LogP contribution in [0.25, 0.3) is 0 Å².